The maximum Gasteiger partial charge on any atom is 0.573 e. The number of carbonyl (C=O) groups excluding carboxylic acids is 1. The van der Waals surface area contributed by atoms with Crippen LogP contribution in [0.3, 0.4) is 0 Å². The molecule has 0 radical (unpaired) electrons. The van der Waals surface area contributed by atoms with Gasteiger partial charge in [0.05, 0.1) is 19.1 Å². The third-order valence-corrected chi connectivity index (χ3v) is 5.87. The smallest absolute Gasteiger partial charge is 0.497 e. The van der Waals surface area contributed by atoms with Crippen LogP contribution in [0.25, 0.3) is 0 Å². The number of piperidine rings is 1. The van der Waals surface area contributed by atoms with Crippen LogP contribution < -0.4 is 9.47 Å². The van der Waals surface area contributed by atoms with Gasteiger partial charge in [0, 0.05) is 25.6 Å². The van der Waals surface area contributed by atoms with Crippen molar-refractivity contribution >= 4 is 5.91 Å². The summed E-state index contributed by atoms with van der Waals surface area (Å²) in [7, 11) is 5.37. The Morgan fingerprint density at radius 3 is 2.55 bits per heavy atom. The SMILES string of the molecule is COc1cccc(C2(O)CCN(C(=O)Cc3cccc(OC(F)(F)F)c3)CC2CN(C)C)c1. The van der Waals surface area contributed by atoms with Crippen molar-refractivity contribution in [3.8, 4) is 11.5 Å². The summed E-state index contributed by atoms with van der Waals surface area (Å²) in [5.41, 5.74) is 0.0214. The Balaban J connectivity index is 1.76. The predicted molar refractivity (Wildman–Crippen MR) is 117 cm³/mol. The lowest BCUT2D eigenvalue weighted by molar-refractivity contribution is -0.274. The second-order valence-corrected chi connectivity index (χ2v) is 8.58. The monoisotopic (exact) mass is 466 g/mol. The van der Waals surface area contributed by atoms with Crippen LogP contribution in [0.5, 0.6) is 11.5 Å². The van der Waals surface area contributed by atoms with Gasteiger partial charge < -0.3 is 24.4 Å². The maximum absolute atomic E-state index is 13.0. The molecule has 1 aliphatic heterocycles. The van der Waals surface area contributed by atoms with Gasteiger partial charge in [-0.1, -0.05) is 24.3 Å². The normalized spacial score (nSPS) is 21.2. The van der Waals surface area contributed by atoms with Gasteiger partial charge in [0.15, 0.2) is 0 Å². The zero-order chi connectivity index (χ0) is 24.2. The number of nitrogens with zero attached hydrogens (tertiary/aromatic N) is 2. The molecule has 2 unspecified atom stereocenters. The number of benzene rings is 2. The van der Waals surface area contributed by atoms with Crippen molar-refractivity contribution in [3.05, 3.63) is 59.7 Å². The second kappa shape index (κ2) is 10.0. The van der Waals surface area contributed by atoms with E-state index in [9.17, 15) is 23.1 Å². The first kappa shape index (κ1) is 24.9. The molecular weight excluding hydrogens is 437 g/mol. The summed E-state index contributed by atoms with van der Waals surface area (Å²) in [6.45, 7) is 1.20. The number of hydrogen-bond donors (Lipinski definition) is 1. The zero-order valence-corrected chi connectivity index (χ0v) is 18.9. The van der Waals surface area contributed by atoms with Gasteiger partial charge in [-0.3, -0.25) is 4.79 Å². The maximum atomic E-state index is 13.0. The molecule has 9 heteroatoms. The molecule has 1 heterocycles. The number of halogens is 3. The fraction of sp³-hybridized carbons (Fsp3) is 0.458. The van der Waals surface area contributed by atoms with Crippen molar-refractivity contribution in [2.75, 3.05) is 40.8 Å². The topological polar surface area (TPSA) is 62.2 Å². The van der Waals surface area contributed by atoms with Crippen LogP contribution in [0.1, 0.15) is 17.5 Å². The number of rotatable bonds is 7. The molecule has 0 spiro atoms. The molecule has 33 heavy (non-hydrogen) atoms. The molecule has 3 rings (SSSR count). The van der Waals surface area contributed by atoms with Crippen molar-refractivity contribution in [2.24, 2.45) is 5.92 Å². The lowest BCUT2D eigenvalue weighted by Gasteiger charge is -2.46. The van der Waals surface area contributed by atoms with E-state index in [4.69, 9.17) is 4.74 Å². The highest BCUT2D eigenvalue weighted by molar-refractivity contribution is 5.79. The van der Waals surface area contributed by atoms with Gasteiger partial charge in [-0.25, -0.2) is 0 Å². The largest absolute Gasteiger partial charge is 0.573 e. The Labute approximate surface area is 191 Å². The molecule has 2 aromatic rings. The zero-order valence-electron chi connectivity index (χ0n) is 18.9. The Morgan fingerprint density at radius 1 is 1.18 bits per heavy atom. The molecule has 0 aliphatic carbocycles. The quantitative estimate of drug-likeness (QED) is 0.678. The van der Waals surface area contributed by atoms with Gasteiger partial charge >= 0.3 is 6.36 Å². The van der Waals surface area contributed by atoms with E-state index in [1.54, 1.807) is 18.1 Å². The highest BCUT2D eigenvalue weighted by atomic mass is 19.4. The van der Waals surface area contributed by atoms with Crippen LogP contribution in [-0.4, -0.2) is 68.0 Å². The number of ether oxygens (including phenoxy) is 2. The third-order valence-electron chi connectivity index (χ3n) is 5.87. The van der Waals surface area contributed by atoms with E-state index >= 15 is 0 Å². The number of amides is 1. The molecule has 2 aromatic carbocycles. The number of hydrogen-bond acceptors (Lipinski definition) is 5. The highest BCUT2D eigenvalue weighted by Crippen LogP contribution is 2.39. The van der Waals surface area contributed by atoms with Gasteiger partial charge in [0.1, 0.15) is 11.5 Å². The Morgan fingerprint density at radius 2 is 1.88 bits per heavy atom. The van der Waals surface area contributed by atoms with Gasteiger partial charge in [-0.2, -0.15) is 0 Å². The average Bonchev–Trinajstić information content (AvgIpc) is 2.74. The highest BCUT2D eigenvalue weighted by Gasteiger charge is 2.44. The van der Waals surface area contributed by atoms with E-state index in [0.717, 1.165) is 5.56 Å². The molecule has 180 valence electrons. The molecule has 2 atom stereocenters. The first-order chi connectivity index (χ1) is 15.5. The summed E-state index contributed by atoms with van der Waals surface area (Å²) in [5, 5.41) is 11.7. The molecule has 0 saturated carbocycles. The molecule has 1 aliphatic rings. The van der Waals surface area contributed by atoms with Crippen LogP contribution in [-0.2, 0) is 16.8 Å². The van der Waals surface area contributed by atoms with E-state index in [2.05, 4.69) is 4.74 Å². The van der Waals surface area contributed by atoms with Crippen molar-refractivity contribution in [1.82, 2.24) is 9.80 Å². The number of alkyl halides is 3. The minimum Gasteiger partial charge on any atom is -0.497 e. The molecule has 0 aromatic heterocycles. The third kappa shape index (κ3) is 6.39. The molecule has 0 bridgehead atoms. The standard InChI is InChI=1S/C24H29F3N2O4/c1-28(2)15-19-16-29(11-10-23(19,31)18-7-5-8-20(14-18)32-3)22(30)13-17-6-4-9-21(12-17)33-24(25,26)27/h4-9,12,14,19,31H,10-11,13,15-16H2,1-3H3. The second-order valence-electron chi connectivity index (χ2n) is 8.58. The van der Waals surface area contributed by atoms with Gasteiger partial charge in [-0.15, -0.1) is 13.2 Å². The number of likely N-dealkylation sites (tertiary alicyclic amines) is 1. The number of aliphatic hydroxyl groups is 1. The molecule has 1 saturated heterocycles. The van der Waals surface area contributed by atoms with Crippen LogP contribution >= 0.6 is 0 Å². The molecule has 6 nitrogen and oxygen atoms in total. The lowest BCUT2D eigenvalue weighted by Crippen LogP contribution is -2.54. The van der Waals surface area contributed by atoms with Gasteiger partial charge in [0.2, 0.25) is 5.91 Å². The predicted octanol–water partition coefficient (Wildman–Crippen LogP) is 3.43. The molecule has 1 N–H and O–H groups in total. The molecular formula is C24H29F3N2O4. The average molecular weight is 467 g/mol. The van der Waals surface area contributed by atoms with Crippen molar-refractivity contribution in [2.45, 2.75) is 24.8 Å². The van der Waals surface area contributed by atoms with Gasteiger partial charge in [-0.05, 0) is 55.9 Å². The van der Waals surface area contributed by atoms with Gasteiger partial charge in [0.25, 0.3) is 0 Å². The first-order valence-corrected chi connectivity index (χ1v) is 10.6. The fourth-order valence-corrected chi connectivity index (χ4v) is 4.31. The summed E-state index contributed by atoms with van der Waals surface area (Å²) in [6, 6.07) is 12.7. The van der Waals surface area contributed by atoms with Crippen molar-refractivity contribution in [3.63, 3.8) is 0 Å². The minimum absolute atomic E-state index is 0.0542. The summed E-state index contributed by atoms with van der Waals surface area (Å²) in [6.07, 6.45) is -4.51. The summed E-state index contributed by atoms with van der Waals surface area (Å²) >= 11 is 0. The van der Waals surface area contributed by atoms with E-state index in [0.29, 0.717) is 37.4 Å². The van der Waals surface area contributed by atoms with Crippen LogP contribution in [0.4, 0.5) is 13.2 Å². The summed E-state index contributed by atoms with van der Waals surface area (Å²) in [4.78, 5) is 16.6. The van der Waals surface area contributed by atoms with Crippen LogP contribution in [0, 0.1) is 5.92 Å². The first-order valence-electron chi connectivity index (χ1n) is 10.6. The van der Waals surface area contributed by atoms with E-state index in [-0.39, 0.29) is 24.0 Å². The fourth-order valence-electron chi connectivity index (χ4n) is 4.31. The summed E-state index contributed by atoms with van der Waals surface area (Å²) < 4.78 is 46.8. The minimum atomic E-state index is -4.79. The lowest BCUT2D eigenvalue weighted by atomic mass is 9.75. The number of methoxy groups -OCH3 is 1. The summed E-state index contributed by atoms with van der Waals surface area (Å²) in [5.74, 6) is -0.193. The van der Waals surface area contributed by atoms with Crippen LogP contribution in [0.2, 0.25) is 0 Å². The van der Waals surface area contributed by atoms with Crippen molar-refractivity contribution in [1.29, 1.82) is 0 Å². The van der Waals surface area contributed by atoms with E-state index in [1.807, 2.05) is 43.3 Å². The molecule has 1 amide bonds. The number of carbonyl (C=O) groups is 1. The Kier molecular flexibility index (Phi) is 7.54. The van der Waals surface area contributed by atoms with Crippen LogP contribution in [0.15, 0.2) is 48.5 Å². The Bertz CT molecular complexity index is 967. The van der Waals surface area contributed by atoms with Crippen molar-refractivity contribution < 1.29 is 32.5 Å². The molecule has 1 fully saturated rings. The van der Waals surface area contributed by atoms with E-state index < -0.39 is 12.0 Å². The van der Waals surface area contributed by atoms with E-state index in [1.165, 1.54) is 18.2 Å². The Hall–Kier alpha value is -2.78.